The van der Waals surface area contributed by atoms with Crippen molar-refractivity contribution in [3.8, 4) is 0 Å². The number of aliphatic hydroxyl groups excluding tert-OH is 4. The van der Waals surface area contributed by atoms with Crippen LogP contribution in [0.1, 0.15) is 11.1 Å². The van der Waals surface area contributed by atoms with Gasteiger partial charge in [-0.15, -0.1) is 0 Å². The molecule has 0 saturated carbocycles. The molecule has 0 bridgehead atoms. The molecule has 3 aliphatic heterocycles. The van der Waals surface area contributed by atoms with Crippen molar-refractivity contribution in [3.63, 3.8) is 0 Å². The second-order valence-corrected chi connectivity index (χ2v) is 12.2. The van der Waals surface area contributed by atoms with E-state index < -0.39 is 99.1 Å². The Morgan fingerprint density at radius 2 is 1.15 bits per heavy atom. The van der Waals surface area contributed by atoms with Gasteiger partial charge in [-0.3, -0.25) is 0 Å². The van der Waals surface area contributed by atoms with Crippen molar-refractivity contribution in [1.29, 1.82) is 0 Å². The maximum atomic E-state index is 10.7. The number of aliphatic hydroxyl groups is 4. The third-order valence-electron chi connectivity index (χ3n) is 8.99. The zero-order chi connectivity index (χ0) is 37.7. The Hall–Kier alpha value is -4.11. The minimum atomic E-state index is -1.65. The molecule has 3 aliphatic rings. The van der Waals surface area contributed by atoms with E-state index in [1.165, 1.54) is 7.11 Å². The zero-order valence-corrected chi connectivity index (χ0v) is 28.5. The van der Waals surface area contributed by atoms with Crippen molar-refractivity contribution < 1.29 is 58.3 Å². The Balaban J connectivity index is 1.54. The highest BCUT2D eigenvalue weighted by atomic mass is 16.8. The van der Waals surface area contributed by atoms with Crippen molar-refractivity contribution in [2.45, 2.75) is 99.1 Å². The summed E-state index contributed by atoms with van der Waals surface area (Å²) in [6.07, 6.45) is -16.2. The second kappa shape index (κ2) is 19.8. The van der Waals surface area contributed by atoms with Crippen LogP contribution in [-0.4, -0.2) is 133 Å². The largest absolute Gasteiger partial charge is 0.394 e. The highest BCUT2D eigenvalue weighted by Gasteiger charge is 2.55. The number of ether oxygens (including phenoxy) is 8. The van der Waals surface area contributed by atoms with Gasteiger partial charge in [0.05, 0.1) is 39.1 Å². The first-order valence-corrected chi connectivity index (χ1v) is 16.7. The molecule has 21 heteroatoms. The number of azide groups is 3. The molecule has 14 atom stereocenters. The Morgan fingerprint density at radius 3 is 1.68 bits per heavy atom. The summed E-state index contributed by atoms with van der Waals surface area (Å²) in [4.78, 5) is 8.84. The summed E-state index contributed by atoms with van der Waals surface area (Å²) < 4.78 is 48.5. The van der Waals surface area contributed by atoms with Crippen LogP contribution in [0.4, 0.5) is 0 Å². The van der Waals surface area contributed by atoms with E-state index >= 15 is 0 Å². The molecular formula is C32H41N9O12. The summed E-state index contributed by atoms with van der Waals surface area (Å²) in [5, 5.41) is 52.7. The fourth-order valence-electron chi connectivity index (χ4n) is 6.40. The fraction of sp³-hybridized carbons (Fsp3) is 0.625. The van der Waals surface area contributed by atoms with Crippen LogP contribution in [0.2, 0.25) is 0 Å². The van der Waals surface area contributed by atoms with E-state index in [1.807, 2.05) is 60.7 Å². The molecule has 2 aromatic rings. The molecule has 0 aliphatic carbocycles. The Kier molecular flexibility index (Phi) is 15.0. The van der Waals surface area contributed by atoms with Crippen molar-refractivity contribution >= 4 is 0 Å². The van der Waals surface area contributed by atoms with Gasteiger partial charge in [0.2, 0.25) is 0 Å². The zero-order valence-electron chi connectivity index (χ0n) is 28.5. The lowest BCUT2D eigenvalue weighted by atomic mass is 9.94. The molecule has 4 N–H and O–H groups in total. The maximum Gasteiger partial charge on any atom is 0.187 e. The highest BCUT2D eigenvalue weighted by Crippen LogP contribution is 2.37. The monoisotopic (exact) mass is 743 g/mol. The Labute approximate surface area is 302 Å². The highest BCUT2D eigenvalue weighted by molar-refractivity contribution is 5.15. The maximum absolute atomic E-state index is 10.7. The standard InChI is InChI=1S/C32H41N9O12/c1-46-30-23(38-41-35)29(27(21(14-43)51-30)52-32-25(45)24(44)20(13-42)50-32)53-31-22(37-40-34)28(48-16-18-10-6-3-7-11-18)26(19(49-31)12-36-39-33)47-15-17-8-4-2-5-9-17/h2-11,19-32,42-45H,12-16H2,1H3/t19-,20-,21-,22-,23-,24-,25-,26-,27-,28-,29-,30-,31-,32+/m1/s1. The van der Waals surface area contributed by atoms with Crippen LogP contribution in [0, 0.1) is 0 Å². The third kappa shape index (κ3) is 9.71. The Bertz CT molecular complexity index is 1580. The molecule has 5 rings (SSSR count). The van der Waals surface area contributed by atoms with Crippen LogP contribution in [0.3, 0.4) is 0 Å². The minimum Gasteiger partial charge on any atom is -0.394 e. The van der Waals surface area contributed by atoms with Gasteiger partial charge in [0, 0.05) is 21.8 Å². The minimum absolute atomic E-state index is 0.0308. The molecular weight excluding hydrogens is 702 g/mol. The molecule has 286 valence electrons. The Morgan fingerprint density at radius 1 is 0.623 bits per heavy atom. The SMILES string of the molecule is CO[C@@H]1O[C@H](CO)[C@@H](O[C@@H]2O[C@H](CO)[C@@H](O)[C@H]2O)[C@H](O[C@H]2O[C@H](CN=[N+]=[N-])[C@@H](OCc3ccccc3)[C@H](OCc3ccccc3)[C@H]2N=[N+]=[N-])[C@H]1N=[N+]=[N-]. The van der Waals surface area contributed by atoms with Gasteiger partial charge in [-0.2, -0.15) is 0 Å². The first-order chi connectivity index (χ1) is 25.9. The number of hydrogen-bond acceptors (Lipinski definition) is 15. The van der Waals surface area contributed by atoms with Crippen molar-refractivity contribution in [1.82, 2.24) is 0 Å². The van der Waals surface area contributed by atoms with E-state index in [0.29, 0.717) is 0 Å². The van der Waals surface area contributed by atoms with Crippen LogP contribution in [0.5, 0.6) is 0 Å². The molecule has 3 heterocycles. The van der Waals surface area contributed by atoms with Crippen LogP contribution < -0.4 is 0 Å². The van der Waals surface area contributed by atoms with Gasteiger partial charge >= 0.3 is 0 Å². The number of methoxy groups -OCH3 is 1. The molecule has 3 saturated heterocycles. The summed E-state index contributed by atoms with van der Waals surface area (Å²) in [5.41, 5.74) is 30.2. The van der Waals surface area contributed by atoms with Gasteiger partial charge in [0.15, 0.2) is 18.9 Å². The first kappa shape index (κ1) is 40.1. The van der Waals surface area contributed by atoms with Gasteiger partial charge in [-0.1, -0.05) is 76.0 Å². The van der Waals surface area contributed by atoms with E-state index in [2.05, 4.69) is 30.1 Å². The predicted octanol–water partition coefficient (Wildman–Crippen LogP) is 2.12. The summed E-state index contributed by atoms with van der Waals surface area (Å²) in [7, 11) is 1.27. The average molecular weight is 744 g/mol. The lowest BCUT2D eigenvalue weighted by Crippen LogP contribution is -2.65. The van der Waals surface area contributed by atoms with Gasteiger partial charge in [0.25, 0.3) is 0 Å². The van der Waals surface area contributed by atoms with E-state index in [4.69, 9.17) is 37.9 Å². The van der Waals surface area contributed by atoms with E-state index in [0.717, 1.165) is 11.1 Å². The van der Waals surface area contributed by atoms with Gasteiger partial charge < -0.3 is 58.3 Å². The van der Waals surface area contributed by atoms with Crippen LogP contribution in [0.15, 0.2) is 76.0 Å². The molecule has 0 radical (unpaired) electrons. The average Bonchev–Trinajstić information content (AvgIpc) is 3.46. The summed E-state index contributed by atoms with van der Waals surface area (Å²) in [6, 6.07) is 15.7. The van der Waals surface area contributed by atoms with Gasteiger partial charge in [0.1, 0.15) is 60.9 Å². The number of hydrogen-bond donors (Lipinski definition) is 4. The topological polar surface area (TPSA) is 301 Å². The molecule has 0 spiro atoms. The quantitative estimate of drug-likeness (QED) is 0.103. The third-order valence-corrected chi connectivity index (χ3v) is 8.99. The number of rotatable bonds is 17. The van der Waals surface area contributed by atoms with E-state index in [-0.39, 0.29) is 19.8 Å². The fourth-order valence-corrected chi connectivity index (χ4v) is 6.40. The molecule has 3 fully saturated rings. The van der Waals surface area contributed by atoms with Crippen molar-refractivity contribution in [2.75, 3.05) is 26.9 Å². The van der Waals surface area contributed by atoms with Crippen LogP contribution >= 0.6 is 0 Å². The van der Waals surface area contributed by atoms with Crippen LogP contribution in [-0.2, 0) is 51.1 Å². The van der Waals surface area contributed by atoms with Crippen molar-refractivity contribution in [2.24, 2.45) is 15.3 Å². The number of benzene rings is 2. The van der Waals surface area contributed by atoms with Crippen molar-refractivity contribution in [3.05, 3.63) is 103 Å². The summed E-state index contributed by atoms with van der Waals surface area (Å²) in [6.45, 7) is -1.52. The number of nitrogens with zero attached hydrogens (tertiary/aromatic N) is 9. The molecule has 0 amide bonds. The van der Waals surface area contributed by atoms with Gasteiger partial charge in [-0.05, 0) is 27.7 Å². The lowest BCUT2D eigenvalue weighted by molar-refractivity contribution is -0.343. The molecule has 21 nitrogen and oxygen atoms in total. The summed E-state index contributed by atoms with van der Waals surface area (Å²) >= 11 is 0. The van der Waals surface area contributed by atoms with Crippen LogP contribution in [0.25, 0.3) is 31.3 Å². The normalized spacial score (nSPS) is 35.4. The molecule has 0 unspecified atom stereocenters. The van der Waals surface area contributed by atoms with Gasteiger partial charge in [-0.25, -0.2) is 0 Å². The lowest BCUT2D eigenvalue weighted by Gasteiger charge is -2.49. The molecule has 2 aromatic carbocycles. The van der Waals surface area contributed by atoms with E-state index in [9.17, 15) is 37.0 Å². The second-order valence-electron chi connectivity index (χ2n) is 12.2. The van der Waals surface area contributed by atoms with E-state index in [1.54, 1.807) is 0 Å². The molecule has 53 heavy (non-hydrogen) atoms. The molecule has 0 aromatic heterocycles. The smallest absolute Gasteiger partial charge is 0.187 e. The summed E-state index contributed by atoms with van der Waals surface area (Å²) in [5.74, 6) is 0. The predicted molar refractivity (Wildman–Crippen MR) is 179 cm³/mol. The first-order valence-electron chi connectivity index (χ1n) is 16.7.